The summed E-state index contributed by atoms with van der Waals surface area (Å²) in [7, 11) is 0. The van der Waals surface area contributed by atoms with E-state index >= 15 is 0 Å². The lowest BCUT2D eigenvalue weighted by molar-refractivity contribution is -0.384. The van der Waals surface area contributed by atoms with E-state index < -0.39 is 4.92 Å². The topological polar surface area (TPSA) is 74.3 Å². The number of nitro groups is 1. The summed E-state index contributed by atoms with van der Waals surface area (Å²) in [5.74, 6) is 0. The van der Waals surface area contributed by atoms with E-state index in [-0.39, 0.29) is 5.69 Å². The van der Waals surface area contributed by atoms with Gasteiger partial charge in [-0.05, 0) is 12.1 Å². The quantitative estimate of drug-likeness (QED) is 0.380. The second-order valence-corrected chi connectivity index (χ2v) is 2.01. The van der Waals surface area contributed by atoms with Crippen LogP contribution >= 0.6 is 0 Å². The Bertz CT molecular complexity index is 294. The van der Waals surface area contributed by atoms with Gasteiger partial charge in [0.1, 0.15) is 0 Å². The molecule has 5 heteroatoms. The smallest absolute Gasteiger partial charge is 0.269 e. The Kier molecular flexibility index (Phi) is 2.37. The molecule has 1 aromatic carbocycles. The number of nitrogens with zero attached hydrogens (tertiary/aromatic N) is 2. The number of hydrogen-bond acceptors (Lipinski definition) is 3. The Balaban J connectivity index is 2.85. The van der Waals surface area contributed by atoms with Crippen molar-refractivity contribution < 1.29 is 9.72 Å². The molecule has 0 aromatic heterocycles. The highest BCUT2D eigenvalue weighted by Crippen LogP contribution is 2.14. The molecule has 1 radical (unpaired) electrons. The molecule has 61 valence electrons. The summed E-state index contributed by atoms with van der Waals surface area (Å²) in [5, 5.41) is 13.6. The van der Waals surface area contributed by atoms with E-state index in [2.05, 4.69) is 5.32 Å². The van der Waals surface area contributed by atoms with Gasteiger partial charge in [-0.25, -0.2) is 5.32 Å². The highest BCUT2D eigenvalue weighted by Gasteiger charge is 2.03. The predicted molar refractivity (Wildman–Crippen MR) is 41.0 cm³/mol. The average molecular weight is 165 g/mol. The highest BCUT2D eigenvalue weighted by molar-refractivity contribution is 5.59. The van der Waals surface area contributed by atoms with E-state index in [4.69, 9.17) is 0 Å². The number of non-ortho nitro benzene ring substituents is 1. The first-order valence-electron chi connectivity index (χ1n) is 3.13. The molecule has 0 aliphatic rings. The standard InChI is InChI=1S/C7H5N2O3/c10-5-8-6-1-3-7(4-2-6)9(11)12/h1-5H. The molecular formula is C7H5N2O3. The van der Waals surface area contributed by atoms with Crippen LogP contribution in [0.5, 0.6) is 0 Å². The van der Waals surface area contributed by atoms with Gasteiger partial charge in [-0.2, -0.15) is 0 Å². The van der Waals surface area contributed by atoms with Crippen LogP contribution in [0.4, 0.5) is 11.4 Å². The monoisotopic (exact) mass is 165 g/mol. The van der Waals surface area contributed by atoms with Gasteiger partial charge in [0.05, 0.1) is 10.6 Å². The largest absolute Gasteiger partial charge is 0.276 e. The molecular weight excluding hydrogens is 160 g/mol. The molecule has 0 aliphatic carbocycles. The fourth-order valence-electron chi connectivity index (χ4n) is 0.721. The van der Waals surface area contributed by atoms with Gasteiger partial charge in [0.2, 0.25) is 6.41 Å². The lowest BCUT2D eigenvalue weighted by atomic mass is 10.3. The summed E-state index contributed by atoms with van der Waals surface area (Å²) in [6, 6.07) is 5.41. The zero-order chi connectivity index (χ0) is 8.97. The van der Waals surface area contributed by atoms with Crippen LogP contribution in [0.3, 0.4) is 0 Å². The summed E-state index contributed by atoms with van der Waals surface area (Å²) in [4.78, 5) is 19.6. The molecule has 0 fully saturated rings. The first kappa shape index (κ1) is 8.19. The third-order valence-electron chi connectivity index (χ3n) is 1.26. The zero-order valence-corrected chi connectivity index (χ0v) is 6.01. The van der Waals surface area contributed by atoms with Crippen molar-refractivity contribution in [3.05, 3.63) is 34.4 Å². The van der Waals surface area contributed by atoms with Crippen molar-refractivity contribution in [3.63, 3.8) is 0 Å². The first-order chi connectivity index (χ1) is 5.74. The molecule has 0 saturated carbocycles. The van der Waals surface area contributed by atoms with E-state index in [1.807, 2.05) is 0 Å². The number of hydrogen-bond donors (Lipinski definition) is 0. The van der Waals surface area contributed by atoms with Gasteiger partial charge in [-0.3, -0.25) is 14.9 Å². The van der Waals surface area contributed by atoms with E-state index in [9.17, 15) is 14.9 Å². The minimum Gasteiger partial charge on any atom is -0.276 e. The van der Waals surface area contributed by atoms with Crippen LogP contribution in [0.25, 0.3) is 0 Å². The summed E-state index contributed by atoms with van der Waals surface area (Å²) >= 11 is 0. The van der Waals surface area contributed by atoms with Crippen molar-refractivity contribution in [2.75, 3.05) is 0 Å². The van der Waals surface area contributed by atoms with Gasteiger partial charge in [0.15, 0.2) is 0 Å². The van der Waals surface area contributed by atoms with E-state index in [1.165, 1.54) is 24.3 Å². The molecule has 1 aromatic rings. The van der Waals surface area contributed by atoms with E-state index in [0.717, 1.165) is 0 Å². The number of carbonyl (C=O) groups excluding carboxylic acids is 1. The fourth-order valence-corrected chi connectivity index (χ4v) is 0.721. The Morgan fingerprint density at radius 2 is 1.92 bits per heavy atom. The number of rotatable bonds is 3. The Morgan fingerprint density at radius 3 is 2.33 bits per heavy atom. The second kappa shape index (κ2) is 3.47. The summed E-state index contributed by atoms with van der Waals surface area (Å²) < 4.78 is 0. The normalized spacial score (nSPS) is 9.00. The van der Waals surface area contributed by atoms with Crippen molar-refractivity contribution in [2.45, 2.75) is 0 Å². The Labute approximate surface area is 68.2 Å². The van der Waals surface area contributed by atoms with Gasteiger partial charge in [-0.15, -0.1) is 0 Å². The maximum absolute atomic E-state index is 10.2. The lowest BCUT2D eigenvalue weighted by Gasteiger charge is -1.93. The minimum atomic E-state index is -0.509. The van der Waals surface area contributed by atoms with Gasteiger partial charge >= 0.3 is 0 Å². The Hall–Kier alpha value is -1.91. The van der Waals surface area contributed by atoms with Crippen LogP contribution in [0.2, 0.25) is 0 Å². The van der Waals surface area contributed by atoms with Gasteiger partial charge in [0.25, 0.3) is 5.69 Å². The maximum Gasteiger partial charge on any atom is 0.269 e. The number of amides is 1. The first-order valence-corrected chi connectivity index (χ1v) is 3.13. The number of nitro benzene ring substituents is 1. The van der Waals surface area contributed by atoms with Crippen LogP contribution in [-0.2, 0) is 4.79 Å². The molecule has 0 bridgehead atoms. The number of carbonyl (C=O) groups is 1. The third-order valence-corrected chi connectivity index (χ3v) is 1.26. The summed E-state index contributed by atoms with van der Waals surface area (Å²) in [5.41, 5.74) is 0.399. The van der Waals surface area contributed by atoms with Crippen molar-refractivity contribution in [1.82, 2.24) is 5.32 Å². The van der Waals surface area contributed by atoms with Crippen LogP contribution in [-0.4, -0.2) is 11.3 Å². The molecule has 0 N–H and O–H groups in total. The van der Waals surface area contributed by atoms with Crippen LogP contribution < -0.4 is 5.32 Å². The molecule has 0 unspecified atom stereocenters. The Morgan fingerprint density at radius 1 is 1.33 bits per heavy atom. The van der Waals surface area contributed by atoms with Crippen molar-refractivity contribution in [2.24, 2.45) is 0 Å². The highest BCUT2D eigenvalue weighted by atomic mass is 16.6. The van der Waals surface area contributed by atoms with E-state index in [1.54, 1.807) is 0 Å². The van der Waals surface area contributed by atoms with Crippen molar-refractivity contribution in [3.8, 4) is 0 Å². The molecule has 1 amide bonds. The zero-order valence-electron chi connectivity index (χ0n) is 6.01. The molecule has 0 aliphatic heterocycles. The molecule has 5 nitrogen and oxygen atoms in total. The third kappa shape index (κ3) is 1.79. The SMILES string of the molecule is O=C[N]c1ccc([N+](=O)[O-])cc1. The minimum absolute atomic E-state index is 0.0140. The molecule has 0 saturated heterocycles. The molecule has 1 rings (SSSR count). The van der Waals surface area contributed by atoms with Gasteiger partial charge in [-0.1, -0.05) is 0 Å². The van der Waals surface area contributed by atoms with Gasteiger partial charge in [0, 0.05) is 12.1 Å². The molecule has 0 spiro atoms. The second-order valence-electron chi connectivity index (χ2n) is 2.01. The summed E-state index contributed by atoms with van der Waals surface area (Å²) in [6.45, 7) is 0. The van der Waals surface area contributed by atoms with Crippen LogP contribution in [0.1, 0.15) is 0 Å². The van der Waals surface area contributed by atoms with Crippen molar-refractivity contribution in [1.29, 1.82) is 0 Å². The van der Waals surface area contributed by atoms with Crippen LogP contribution in [0.15, 0.2) is 24.3 Å². The van der Waals surface area contributed by atoms with E-state index in [0.29, 0.717) is 12.1 Å². The summed E-state index contributed by atoms with van der Waals surface area (Å²) in [6.07, 6.45) is 0.390. The molecule has 0 heterocycles. The van der Waals surface area contributed by atoms with Gasteiger partial charge < -0.3 is 0 Å². The van der Waals surface area contributed by atoms with Crippen LogP contribution in [0, 0.1) is 10.1 Å². The predicted octanol–water partition coefficient (Wildman–Crippen LogP) is 0.987. The van der Waals surface area contributed by atoms with Crippen molar-refractivity contribution >= 4 is 17.8 Å². The molecule has 0 atom stereocenters. The fraction of sp³-hybridized carbons (Fsp3) is 0. The average Bonchev–Trinajstić information content (AvgIpc) is 2.06. The molecule has 12 heavy (non-hydrogen) atoms. The lowest BCUT2D eigenvalue weighted by Crippen LogP contribution is -1.92. The number of benzene rings is 1. The maximum atomic E-state index is 10.2.